The van der Waals surface area contributed by atoms with Crippen LogP contribution < -0.4 is 0 Å². The van der Waals surface area contributed by atoms with Gasteiger partial charge in [-0.15, -0.1) is 0 Å². The molecule has 1 aromatic carbocycles. The molecule has 1 unspecified atom stereocenters. The fourth-order valence-corrected chi connectivity index (χ4v) is 3.12. The summed E-state index contributed by atoms with van der Waals surface area (Å²) in [6.45, 7) is 11.4. The minimum Gasteiger partial charge on any atom is -0.390 e. The molecule has 0 bridgehead atoms. The molecule has 25 heavy (non-hydrogen) atoms. The molecule has 0 saturated carbocycles. The monoisotopic (exact) mass is 347 g/mol. The molecule has 1 aliphatic rings. The Hall–Kier alpha value is -1.43. The van der Waals surface area contributed by atoms with Gasteiger partial charge in [0.1, 0.15) is 0 Å². The van der Waals surface area contributed by atoms with Crippen molar-refractivity contribution in [2.45, 2.75) is 32.3 Å². The molecule has 0 spiro atoms. The van der Waals surface area contributed by atoms with E-state index in [-0.39, 0.29) is 11.3 Å². The summed E-state index contributed by atoms with van der Waals surface area (Å²) in [5.74, 6) is -0.0436. The van der Waals surface area contributed by atoms with Crippen molar-refractivity contribution in [3.05, 3.63) is 35.4 Å². The first kappa shape index (κ1) is 19.9. The van der Waals surface area contributed by atoms with Gasteiger partial charge in [-0.1, -0.05) is 32.9 Å². The average Bonchev–Trinajstić information content (AvgIpc) is 2.55. The third-order valence-electron chi connectivity index (χ3n) is 4.89. The molecule has 1 aliphatic heterocycles. The fraction of sp³-hybridized carbons (Fsp3) is 0.650. The van der Waals surface area contributed by atoms with Crippen LogP contribution in [0.4, 0.5) is 0 Å². The average molecular weight is 348 g/mol. The standard InChI is InChI=1S/C20H33N3O2/c1-20(2,3)17-8-6-16(7-9-17)19(25)22(5)14-18(24)15-23-12-10-21(4)11-13-23/h6-9,18,24H,10-15H2,1-5H3. The Morgan fingerprint density at radius 1 is 1.16 bits per heavy atom. The number of hydrogen-bond donors (Lipinski definition) is 1. The number of likely N-dealkylation sites (N-methyl/N-ethyl adjacent to an activating group) is 2. The number of hydrogen-bond acceptors (Lipinski definition) is 4. The number of rotatable bonds is 5. The van der Waals surface area contributed by atoms with Crippen LogP contribution in [0.25, 0.3) is 0 Å². The third-order valence-corrected chi connectivity index (χ3v) is 4.89. The predicted molar refractivity (Wildman–Crippen MR) is 102 cm³/mol. The fourth-order valence-electron chi connectivity index (χ4n) is 3.12. The van der Waals surface area contributed by atoms with Crippen molar-refractivity contribution in [2.24, 2.45) is 0 Å². The van der Waals surface area contributed by atoms with E-state index in [9.17, 15) is 9.90 Å². The molecule has 0 radical (unpaired) electrons. The molecule has 5 nitrogen and oxygen atoms in total. The molecule has 0 aromatic heterocycles. The minimum atomic E-state index is -0.522. The number of nitrogens with zero attached hydrogens (tertiary/aromatic N) is 3. The summed E-state index contributed by atoms with van der Waals surface area (Å²) < 4.78 is 0. The van der Waals surface area contributed by atoms with Crippen LogP contribution >= 0.6 is 0 Å². The predicted octanol–water partition coefficient (Wildman–Crippen LogP) is 1.66. The Kier molecular flexibility index (Phi) is 6.60. The second-order valence-electron chi connectivity index (χ2n) is 8.27. The van der Waals surface area contributed by atoms with Crippen LogP contribution in [-0.4, -0.2) is 85.2 Å². The SMILES string of the molecule is CN1CCN(CC(O)CN(C)C(=O)c2ccc(C(C)(C)C)cc2)CC1. The summed E-state index contributed by atoms with van der Waals surface area (Å²) >= 11 is 0. The number of carbonyl (C=O) groups is 1. The first-order chi connectivity index (χ1) is 11.7. The summed E-state index contributed by atoms with van der Waals surface area (Å²) in [5.41, 5.74) is 1.95. The van der Waals surface area contributed by atoms with E-state index in [2.05, 4.69) is 37.6 Å². The quantitative estimate of drug-likeness (QED) is 0.880. The van der Waals surface area contributed by atoms with Gasteiger partial charge in [-0.2, -0.15) is 0 Å². The van der Waals surface area contributed by atoms with Crippen molar-refractivity contribution < 1.29 is 9.90 Å². The number of carbonyl (C=O) groups excluding carboxylic acids is 1. The lowest BCUT2D eigenvalue weighted by Gasteiger charge is -2.34. The van der Waals surface area contributed by atoms with Crippen molar-refractivity contribution in [3.63, 3.8) is 0 Å². The topological polar surface area (TPSA) is 47.0 Å². The molecule has 0 aliphatic carbocycles. The van der Waals surface area contributed by atoms with Crippen molar-refractivity contribution >= 4 is 5.91 Å². The van der Waals surface area contributed by atoms with Gasteiger partial charge in [0.25, 0.3) is 5.91 Å². The highest BCUT2D eigenvalue weighted by molar-refractivity contribution is 5.94. The van der Waals surface area contributed by atoms with Crippen LogP contribution in [0.5, 0.6) is 0 Å². The lowest BCUT2D eigenvalue weighted by molar-refractivity contribution is 0.0501. The van der Waals surface area contributed by atoms with Crippen molar-refractivity contribution in [1.82, 2.24) is 14.7 Å². The summed E-state index contributed by atoms with van der Waals surface area (Å²) in [7, 11) is 3.87. The van der Waals surface area contributed by atoms with Crippen LogP contribution in [-0.2, 0) is 5.41 Å². The summed E-state index contributed by atoms with van der Waals surface area (Å²) in [6, 6.07) is 7.79. The maximum Gasteiger partial charge on any atom is 0.253 e. The highest BCUT2D eigenvalue weighted by Gasteiger charge is 2.21. The normalized spacial score (nSPS) is 18.2. The van der Waals surface area contributed by atoms with Gasteiger partial charge >= 0.3 is 0 Å². The van der Waals surface area contributed by atoms with Gasteiger partial charge in [0, 0.05) is 51.9 Å². The van der Waals surface area contributed by atoms with E-state index in [4.69, 9.17) is 0 Å². The Morgan fingerprint density at radius 3 is 2.24 bits per heavy atom. The van der Waals surface area contributed by atoms with Crippen LogP contribution in [0.1, 0.15) is 36.7 Å². The number of aliphatic hydroxyl groups is 1. The maximum absolute atomic E-state index is 12.6. The first-order valence-corrected chi connectivity index (χ1v) is 9.12. The van der Waals surface area contributed by atoms with E-state index in [1.54, 1.807) is 11.9 Å². The van der Waals surface area contributed by atoms with Gasteiger partial charge in [0.05, 0.1) is 6.10 Å². The van der Waals surface area contributed by atoms with E-state index in [1.807, 2.05) is 24.3 Å². The zero-order valence-electron chi connectivity index (χ0n) is 16.3. The van der Waals surface area contributed by atoms with Gasteiger partial charge in [0.2, 0.25) is 0 Å². The third kappa shape index (κ3) is 5.80. The number of piperazine rings is 1. The maximum atomic E-state index is 12.6. The van der Waals surface area contributed by atoms with Crippen molar-refractivity contribution in [1.29, 1.82) is 0 Å². The summed E-state index contributed by atoms with van der Waals surface area (Å²) in [5, 5.41) is 10.3. The smallest absolute Gasteiger partial charge is 0.253 e. The number of aliphatic hydroxyl groups excluding tert-OH is 1. The van der Waals surface area contributed by atoms with E-state index < -0.39 is 6.10 Å². The van der Waals surface area contributed by atoms with E-state index in [0.717, 1.165) is 26.2 Å². The number of amides is 1. The molecule has 1 fully saturated rings. The summed E-state index contributed by atoms with van der Waals surface area (Å²) in [6.07, 6.45) is -0.522. The molecular formula is C20H33N3O2. The molecule has 2 rings (SSSR count). The Labute approximate surface area is 152 Å². The minimum absolute atomic E-state index is 0.0436. The highest BCUT2D eigenvalue weighted by atomic mass is 16.3. The Morgan fingerprint density at radius 2 is 1.72 bits per heavy atom. The Balaban J connectivity index is 1.87. The molecule has 5 heteroatoms. The Bertz CT molecular complexity index is 557. The molecule has 1 N–H and O–H groups in total. The molecule has 140 valence electrons. The zero-order valence-corrected chi connectivity index (χ0v) is 16.3. The van der Waals surface area contributed by atoms with Crippen molar-refractivity contribution in [3.8, 4) is 0 Å². The van der Waals surface area contributed by atoms with Gasteiger partial charge in [-0.25, -0.2) is 0 Å². The largest absolute Gasteiger partial charge is 0.390 e. The van der Waals surface area contributed by atoms with Crippen LogP contribution in [0, 0.1) is 0 Å². The first-order valence-electron chi connectivity index (χ1n) is 9.12. The lowest BCUT2D eigenvalue weighted by Crippen LogP contribution is -2.49. The van der Waals surface area contributed by atoms with Crippen LogP contribution in [0.2, 0.25) is 0 Å². The lowest BCUT2D eigenvalue weighted by atomic mass is 9.86. The summed E-state index contributed by atoms with van der Waals surface area (Å²) in [4.78, 5) is 18.7. The molecular weight excluding hydrogens is 314 g/mol. The highest BCUT2D eigenvalue weighted by Crippen LogP contribution is 2.22. The second kappa shape index (κ2) is 8.30. The number of β-amino-alcohol motifs (C(OH)–C–C–N with tert-alkyl or cyclic N) is 1. The van der Waals surface area contributed by atoms with Gasteiger partial charge < -0.3 is 14.9 Å². The molecule has 1 amide bonds. The van der Waals surface area contributed by atoms with E-state index >= 15 is 0 Å². The van der Waals surface area contributed by atoms with Gasteiger partial charge in [-0.05, 0) is 30.2 Å². The number of benzene rings is 1. The molecule has 1 heterocycles. The van der Waals surface area contributed by atoms with E-state index in [1.165, 1.54) is 5.56 Å². The van der Waals surface area contributed by atoms with Gasteiger partial charge in [-0.3, -0.25) is 9.69 Å². The zero-order chi connectivity index (χ0) is 18.6. The van der Waals surface area contributed by atoms with Crippen LogP contribution in [0.3, 0.4) is 0 Å². The van der Waals surface area contributed by atoms with Crippen LogP contribution in [0.15, 0.2) is 24.3 Å². The molecule has 1 atom stereocenters. The van der Waals surface area contributed by atoms with E-state index in [0.29, 0.717) is 18.7 Å². The molecule has 1 aromatic rings. The second-order valence-corrected chi connectivity index (χ2v) is 8.27. The van der Waals surface area contributed by atoms with Crippen molar-refractivity contribution in [2.75, 3.05) is 53.4 Å². The molecule has 1 saturated heterocycles. The van der Waals surface area contributed by atoms with Gasteiger partial charge in [0.15, 0.2) is 0 Å².